The van der Waals surface area contributed by atoms with E-state index in [0.717, 1.165) is 11.1 Å². The van der Waals surface area contributed by atoms with Gasteiger partial charge in [0.25, 0.3) is 0 Å². The summed E-state index contributed by atoms with van der Waals surface area (Å²) >= 11 is 0. The number of nitrogens with zero attached hydrogens (tertiary/aromatic N) is 3. The summed E-state index contributed by atoms with van der Waals surface area (Å²) in [6, 6.07) is 3.60. The smallest absolute Gasteiger partial charge is 0.325 e. The Morgan fingerprint density at radius 1 is 1.39 bits per heavy atom. The molecule has 10 nitrogen and oxygen atoms in total. The molecule has 4 rings (SSSR count). The normalized spacial score (nSPS) is 15.6. The number of fused-ring (bicyclic) bond motifs is 1. The van der Waals surface area contributed by atoms with E-state index in [4.69, 9.17) is 9.15 Å². The van der Waals surface area contributed by atoms with Gasteiger partial charge in [-0.15, -0.1) is 0 Å². The number of carbonyl (C=O) groups excluding carboxylic acids is 2. The summed E-state index contributed by atoms with van der Waals surface area (Å²) in [5, 5.41) is 12.7. The van der Waals surface area contributed by atoms with Crippen LogP contribution in [0.1, 0.15) is 30.4 Å². The van der Waals surface area contributed by atoms with Gasteiger partial charge in [-0.05, 0) is 24.6 Å². The summed E-state index contributed by atoms with van der Waals surface area (Å²) in [4.78, 5) is 32.0. The average molecular weight is 382 g/mol. The molecule has 4 heterocycles. The molecule has 0 aliphatic carbocycles. The molecule has 0 fully saturated rings. The van der Waals surface area contributed by atoms with Crippen LogP contribution >= 0.6 is 0 Å². The van der Waals surface area contributed by atoms with Gasteiger partial charge in [0, 0.05) is 30.3 Å². The molecule has 1 atom stereocenters. The number of carbonyl (C=O) groups is 2. The van der Waals surface area contributed by atoms with E-state index in [1.54, 1.807) is 31.6 Å². The Labute approximate surface area is 159 Å². The number of H-pyrrole nitrogens is 1. The van der Waals surface area contributed by atoms with Crippen molar-refractivity contribution in [1.29, 1.82) is 0 Å². The van der Waals surface area contributed by atoms with Gasteiger partial charge in [0.1, 0.15) is 12.2 Å². The van der Waals surface area contributed by atoms with E-state index in [-0.39, 0.29) is 30.8 Å². The van der Waals surface area contributed by atoms with Gasteiger partial charge in [-0.25, -0.2) is 9.97 Å². The van der Waals surface area contributed by atoms with Gasteiger partial charge in [-0.2, -0.15) is 5.10 Å². The summed E-state index contributed by atoms with van der Waals surface area (Å²) < 4.78 is 10.3. The number of aromatic amines is 1. The van der Waals surface area contributed by atoms with Crippen molar-refractivity contribution in [3.8, 4) is 11.5 Å². The van der Waals surface area contributed by atoms with Crippen LogP contribution < -0.4 is 10.6 Å². The second kappa shape index (κ2) is 7.51. The highest BCUT2D eigenvalue weighted by molar-refractivity contribution is 5.95. The lowest BCUT2D eigenvalue weighted by Crippen LogP contribution is -2.23. The minimum atomic E-state index is -0.384. The first kappa shape index (κ1) is 17.7. The number of rotatable bonds is 6. The first-order chi connectivity index (χ1) is 13.7. The Balaban J connectivity index is 1.59. The molecule has 10 heteroatoms. The highest BCUT2D eigenvalue weighted by Gasteiger charge is 2.33. The number of hydrogen-bond acceptors (Lipinski definition) is 8. The van der Waals surface area contributed by atoms with E-state index in [1.807, 2.05) is 6.07 Å². The molecule has 28 heavy (non-hydrogen) atoms. The Morgan fingerprint density at radius 3 is 2.93 bits per heavy atom. The van der Waals surface area contributed by atoms with Crippen LogP contribution in [0.15, 0.2) is 35.2 Å². The van der Waals surface area contributed by atoms with Crippen LogP contribution in [-0.4, -0.2) is 45.2 Å². The zero-order valence-corrected chi connectivity index (χ0v) is 15.1. The Hall–Kier alpha value is -3.69. The molecule has 144 valence electrons. The fraction of sp³-hybridized carbons (Fsp3) is 0.278. The monoisotopic (exact) mass is 382 g/mol. The molecule has 3 aromatic heterocycles. The molecular formula is C18H18N6O4. The average Bonchev–Trinajstić information content (AvgIpc) is 3.36. The molecule has 1 aliphatic heterocycles. The molecule has 1 amide bonds. The van der Waals surface area contributed by atoms with Gasteiger partial charge in [0.15, 0.2) is 11.6 Å². The highest BCUT2D eigenvalue weighted by Crippen LogP contribution is 2.41. The second-order valence-electron chi connectivity index (χ2n) is 6.14. The van der Waals surface area contributed by atoms with E-state index in [9.17, 15) is 9.59 Å². The van der Waals surface area contributed by atoms with E-state index >= 15 is 0 Å². The molecule has 0 radical (unpaired) electrons. The van der Waals surface area contributed by atoms with Crippen molar-refractivity contribution in [2.45, 2.75) is 19.3 Å². The van der Waals surface area contributed by atoms with E-state index in [1.165, 1.54) is 0 Å². The van der Waals surface area contributed by atoms with Crippen molar-refractivity contribution in [2.75, 3.05) is 23.8 Å². The first-order valence-electron chi connectivity index (χ1n) is 8.79. The molecule has 1 unspecified atom stereocenters. The second-order valence-corrected chi connectivity index (χ2v) is 6.14. The van der Waals surface area contributed by atoms with Crippen molar-refractivity contribution in [3.05, 3.63) is 41.9 Å². The van der Waals surface area contributed by atoms with Crippen molar-refractivity contribution in [2.24, 2.45) is 0 Å². The minimum Gasteiger partial charge on any atom is -0.465 e. The van der Waals surface area contributed by atoms with Crippen LogP contribution in [0.5, 0.6) is 0 Å². The van der Waals surface area contributed by atoms with Crippen LogP contribution in [-0.2, 0) is 14.3 Å². The largest absolute Gasteiger partial charge is 0.465 e. The number of aromatic nitrogens is 4. The maximum absolute atomic E-state index is 12.1. The standard InChI is InChI=1S/C18H18N6O4/c1-2-27-14(26)9-21-18-19-7-10(8-20-18)11-6-13(25)22-17-15(11)16(23-24-17)12-4-3-5-28-12/h3-5,7-8,11H,2,6,9H2,1H3,(H,19,20,21)(H2,22,23,24,25). The van der Waals surface area contributed by atoms with Gasteiger partial charge in [0.05, 0.1) is 12.9 Å². The number of furan rings is 1. The lowest BCUT2D eigenvalue weighted by Gasteiger charge is -2.22. The zero-order valence-electron chi connectivity index (χ0n) is 15.1. The topological polar surface area (TPSA) is 135 Å². The van der Waals surface area contributed by atoms with Gasteiger partial charge in [-0.3, -0.25) is 14.7 Å². The lowest BCUT2D eigenvalue weighted by molar-refractivity contribution is -0.140. The fourth-order valence-electron chi connectivity index (χ4n) is 3.12. The number of esters is 1. The molecular weight excluding hydrogens is 364 g/mol. The minimum absolute atomic E-state index is 0.0203. The molecule has 0 spiro atoms. The van der Waals surface area contributed by atoms with E-state index < -0.39 is 0 Å². The van der Waals surface area contributed by atoms with Gasteiger partial charge >= 0.3 is 5.97 Å². The Morgan fingerprint density at radius 2 is 2.21 bits per heavy atom. The predicted molar refractivity (Wildman–Crippen MR) is 98.5 cm³/mol. The number of amides is 1. The maximum Gasteiger partial charge on any atom is 0.325 e. The molecule has 0 saturated heterocycles. The van der Waals surface area contributed by atoms with Crippen LogP contribution in [0.3, 0.4) is 0 Å². The van der Waals surface area contributed by atoms with E-state index in [0.29, 0.717) is 29.8 Å². The molecule has 3 N–H and O–H groups in total. The van der Waals surface area contributed by atoms with E-state index in [2.05, 4.69) is 30.8 Å². The van der Waals surface area contributed by atoms with Crippen LogP contribution in [0.2, 0.25) is 0 Å². The van der Waals surface area contributed by atoms with Crippen molar-refractivity contribution >= 4 is 23.6 Å². The molecule has 0 bridgehead atoms. The summed E-state index contributed by atoms with van der Waals surface area (Å²) in [6.07, 6.45) is 5.07. The molecule has 3 aromatic rings. The maximum atomic E-state index is 12.1. The van der Waals surface area contributed by atoms with Crippen molar-refractivity contribution in [1.82, 2.24) is 20.2 Å². The summed E-state index contributed by atoms with van der Waals surface area (Å²) in [7, 11) is 0. The molecule has 0 saturated carbocycles. The third-order valence-corrected chi connectivity index (χ3v) is 4.34. The highest BCUT2D eigenvalue weighted by atomic mass is 16.5. The van der Waals surface area contributed by atoms with Gasteiger partial charge in [0.2, 0.25) is 11.9 Å². The fourth-order valence-corrected chi connectivity index (χ4v) is 3.12. The number of anilines is 2. The predicted octanol–water partition coefficient (Wildman–Crippen LogP) is 1.91. The van der Waals surface area contributed by atoms with Gasteiger partial charge < -0.3 is 19.8 Å². The summed E-state index contributed by atoms with van der Waals surface area (Å²) in [5.41, 5.74) is 2.28. The lowest BCUT2D eigenvalue weighted by atomic mass is 9.86. The quantitative estimate of drug-likeness (QED) is 0.550. The van der Waals surface area contributed by atoms with Gasteiger partial charge in [-0.1, -0.05) is 0 Å². The number of nitrogens with one attached hydrogen (secondary N) is 3. The van der Waals surface area contributed by atoms with Crippen LogP contribution in [0, 0.1) is 0 Å². The molecule has 0 aromatic carbocycles. The zero-order chi connectivity index (χ0) is 19.5. The Kier molecular flexibility index (Phi) is 4.75. The van der Waals surface area contributed by atoms with Crippen LogP contribution in [0.25, 0.3) is 11.5 Å². The Bertz CT molecular complexity index is 980. The van der Waals surface area contributed by atoms with Crippen LogP contribution in [0.4, 0.5) is 11.8 Å². The third kappa shape index (κ3) is 3.43. The summed E-state index contributed by atoms with van der Waals surface area (Å²) in [5.74, 6) is 0.600. The number of hydrogen-bond donors (Lipinski definition) is 3. The molecule has 1 aliphatic rings. The first-order valence-corrected chi connectivity index (χ1v) is 8.79. The third-order valence-electron chi connectivity index (χ3n) is 4.34. The van der Waals surface area contributed by atoms with Crippen molar-refractivity contribution < 1.29 is 18.7 Å². The summed E-state index contributed by atoms with van der Waals surface area (Å²) in [6.45, 7) is 2.03. The number of ether oxygens (including phenoxy) is 1. The van der Waals surface area contributed by atoms with Crippen molar-refractivity contribution in [3.63, 3.8) is 0 Å². The SMILES string of the molecule is CCOC(=O)CNc1ncc(C2CC(=O)Nc3n[nH]c(-c4ccco4)c32)cn1.